The molecular formula is C20H32N4O2. The summed E-state index contributed by atoms with van der Waals surface area (Å²) in [7, 11) is 1.43. The number of guanidine groups is 1. The Morgan fingerprint density at radius 2 is 1.85 bits per heavy atom. The fourth-order valence-electron chi connectivity index (χ4n) is 3.09. The van der Waals surface area contributed by atoms with E-state index in [0.29, 0.717) is 19.1 Å². The van der Waals surface area contributed by atoms with Crippen LogP contribution in [0.5, 0.6) is 0 Å². The van der Waals surface area contributed by atoms with Crippen molar-refractivity contribution in [3.05, 3.63) is 35.4 Å². The Balaban J connectivity index is 1.81. The van der Waals surface area contributed by atoms with E-state index in [4.69, 9.17) is 9.73 Å². The van der Waals surface area contributed by atoms with Gasteiger partial charge in [-0.25, -0.2) is 4.79 Å². The van der Waals surface area contributed by atoms with Gasteiger partial charge in [0.25, 0.3) is 0 Å². The molecule has 26 heavy (non-hydrogen) atoms. The first-order valence-corrected chi connectivity index (χ1v) is 9.61. The average Bonchev–Trinajstić information content (AvgIpc) is 2.68. The minimum Gasteiger partial charge on any atom is -0.453 e. The van der Waals surface area contributed by atoms with E-state index in [9.17, 15) is 4.79 Å². The summed E-state index contributed by atoms with van der Waals surface area (Å²) in [5.41, 5.74) is 2.68. The zero-order valence-electron chi connectivity index (χ0n) is 16.3. The van der Waals surface area contributed by atoms with Gasteiger partial charge in [-0.2, -0.15) is 0 Å². The molecule has 0 unspecified atom stereocenters. The van der Waals surface area contributed by atoms with Gasteiger partial charge in [-0.3, -0.25) is 4.99 Å². The van der Waals surface area contributed by atoms with Crippen LogP contribution in [0.15, 0.2) is 29.3 Å². The number of aliphatic imine (C=N–C) groups is 1. The number of aryl methyl sites for hydroxylation is 1. The van der Waals surface area contributed by atoms with Gasteiger partial charge in [0, 0.05) is 32.2 Å². The second kappa shape index (κ2) is 10.7. The van der Waals surface area contributed by atoms with Gasteiger partial charge in [0.15, 0.2) is 5.96 Å². The van der Waals surface area contributed by atoms with Gasteiger partial charge in [-0.05, 0) is 43.7 Å². The van der Waals surface area contributed by atoms with Crippen LogP contribution in [-0.4, -0.2) is 56.3 Å². The molecule has 2 N–H and O–H groups in total. The number of nitrogens with zero attached hydrogens (tertiary/aromatic N) is 2. The largest absolute Gasteiger partial charge is 0.453 e. The van der Waals surface area contributed by atoms with E-state index in [1.807, 2.05) is 0 Å². The smallest absolute Gasteiger partial charge is 0.409 e. The van der Waals surface area contributed by atoms with Crippen molar-refractivity contribution in [3.63, 3.8) is 0 Å². The number of rotatable bonds is 6. The fourth-order valence-corrected chi connectivity index (χ4v) is 3.09. The van der Waals surface area contributed by atoms with Gasteiger partial charge in [-0.1, -0.05) is 31.2 Å². The molecule has 1 aromatic rings. The first-order valence-electron chi connectivity index (χ1n) is 9.61. The number of piperidine rings is 1. The monoisotopic (exact) mass is 360 g/mol. The third-order valence-corrected chi connectivity index (χ3v) is 4.71. The summed E-state index contributed by atoms with van der Waals surface area (Å²) in [6.45, 7) is 7.25. The maximum Gasteiger partial charge on any atom is 0.409 e. The quantitative estimate of drug-likeness (QED) is 0.604. The first kappa shape index (κ1) is 20.1. The highest BCUT2D eigenvalue weighted by molar-refractivity contribution is 5.80. The molecule has 1 fully saturated rings. The molecule has 144 valence electrons. The molecule has 0 saturated carbocycles. The number of carbonyl (C=O) groups excluding carboxylic acids is 1. The minimum absolute atomic E-state index is 0.238. The van der Waals surface area contributed by atoms with Gasteiger partial charge in [0.1, 0.15) is 0 Å². The Bertz CT molecular complexity index is 578. The van der Waals surface area contributed by atoms with Crippen LogP contribution in [0.2, 0.25) is 0 Å². The highest BCUT2D eigenvalue weighted by Crippen LogP contribution is 2.11. The zero-order chi connectivity index (χ0) is 18.8. The number of nitrogens with one attached hydrogen (secondary N) is 2. The van der Waals surface area contributed by atoms with Crippen LogP contribution in [-0.2, 0) is 17.6 Å². The molecule has 0 spiro atoms. The molecule has 1 aliphatic heterocycles. The van der Waals surface area contributed by atoms with Crippen LogP contribution >= 0.6 is 0 Å². The van der Waals surface area contributed by atoms with E-state index in [2.05, 4.69) is 48.7 Å². The molecule has 1 aliphatic rings. The number of likely N-dealkylation sites (tertiary alicyclic amines) is 1. The van der Waals surface area contributed by atoms with Gasteiger partial charge in [0.05, 0.1) is 7.11 Å². The van der Waals surface area contributed by atoms with E-state index < -0.39 is 0 Å². The Morgan fingerprint density at radius 1 is 1.19 bits per heavy atom. The summed E-state index contributed by atoms with van der Waals surface area (Å²) >= 11 is 0. The minimum atomic E-state index is -0.238. The lowest BCUT2D eigenvalue weighted by Gasteiger charge is -2.32. The second-order valence-electron chi connectivity index (χ2n) is 6.56. The van der Waals surface area contributed by atoms with E-state index in [1.54, 1.807) is 4.90 Å². The third-order valence-electron chi connectivity index (χ3n) is 4.71. The molecule has 0 atom stereocenters. The highest BCUT2D eigenvalue weighted by atomic mass is 16.5. The molecule has 0 bridgehead atoms. The summed E-state index contributed by atoms with van der Waals surface area (Å²) in [6, 6.07) is 9.10. The molecule has 0 radical (unpaired) electrons. The maximum absolute atomic E-state index is 11.6. The number of carbonyl (C=O) groups is 1. The number of hydrogen-bond acceptors (Lipinski definition) is 3. The lowest BCUT2D eigenvalue weighted by molar-refractivity contribution is 0.111. The molecule has 0 aromatic heterocycles. The van der Waals surface area contributed by atoms with Crippen molar-refractivity contribution in [1.29, 1.82) is 0 Å². The van der Waals surface area contributed by atoms with Crippen LogP contribution in [0.3, 0.4) is 0 Å². The van der Waals surface area contributed by atoms with Crippen LogP contribution in [0.1, 0.15) is 37.8 Å². The Hall–Kier alpha value is -2.24. The van der Waals surface area contributed by atoms with Crippen LogP contribution in [0.25, 0.3) is 0 Å². The summed E-state index contributed by atoms with van der Waals surface area (Å²) in [4.78, 5) is 18.0. The molecule has 0 aliphatic carbocycles. The Kier molecular flexibility index (Phi) is 8.25. The van der Waals surface area contributed by atoms with E-state index >= 15 is 0 Å². The van der Waals surface area contributed by atoms with Crippen LogP contribution < -0.4 is 10.6 Å². The fraction of sp³-hybridized carbons (Fsp3) is 0.600. The van der Waals surface area contributed by atoms with Crippen molar-refractivity contribution < 1.29 is 9.53 Å². The molecule has 6 heteroatoms. The van der Waals surface area contributed by atoms with Gasteiger partial charge in [-0.15, -0.1) is 0 Å². The number of hydrogen-bond donors (Lipinski definition) is 2. The van der Waals surface area contributed by atoms with Crippen molar-refractivity contribution >= 4 is 12.1 Å². The number of benzene rings is 1. The van der Waals surface area contributed by atoms with Crippen molar-refractivity contribution in [3.8, 4) is 0 Å². The first-order chi connectivity index (χ1) is 12.7. The molecule has 2 rings (SSSR count). The summed E-state index contributed by atoms with van der Waals surface area (Å²) < 4.78 is 4.78. The predicted octanol–water partition coefficient (Wildman–Crippen LogP) is 2.58. The maximum atomic E-state index is 11.6. The van der Waals surface area contributed by atoms with Crippen molar-refractivity contribution in [2.75, 3.05) is 33.3 Å². The third kappa shape index (κ3) is 6.24. The molecular weight excluding hydrogens is 328 g/mol. The SMILES string of the molecule is CCNC(=NCCc1ccc(CC)cc1)NC1CCN(C(=O)OC)CC1. The lowest BCUT2D eigenvalue weighted by atomic mass is 10.1. The zero-order valence-corrected chi connectivity index (χ0v) is 16.3. The van der Waals surface area contributed by atoms with Crippen LogP contribution in [0, 0.1) is 0 Å². The molecule has 1 aromatic carbocycles. The standard InChI is InChI=1S/C20H32N4O2/c1-4-16-6-8-17(9-7-16)10-13-22-19(21-5-2)23-18-11-14-24(15-12-18)20(25)26-3/h6-9,18H,4-5,10-15H2,1-3H3,(H2,21,22,23). The van der Waals surface area contributed by atoms with Crippen molar-refractivity contribution in [2.24, 2.45) is 4.99 Å². The predicted molar refractivity (Wildman–Crippen MR) is 106 cm³/mol. The number of ether oxygens (including phenoxy) is 1. The number of amides is 1. The molecule has 1 saturated heterocycles. The number of methoxy groups -OCH3 is 1. The van der Waals surface area contributed by atoms with Crippen molar-refractivity contribution in [1.82, 2.24) is 15.5 Å². The van der Waals surface area contributed by atoms with Gasteiger partial charge < -0.3 is 20.3 Å². The van der Waals surface area contributed by atoms with Gasteiger partial charge >= 0.3 is 6.09 Å². The van der Waals surface area contributed by atoms with E-state index in [-0.39, 0.29) is 6.09 Å². The Morgan fingerprint density at radius 3 is 2.42 bits per heavy atom. The molecule has 6 nitrogen and oxygen atoms in total. The normalized spacial score (nSPS) is 15.7. The lowest BCUT2D eigenvalue weighted by Crippen LogP contribution is -2.49. The highest BCUT2D eigenvalue weighted by Gasteiger charge is 2.23. The van der Waals surface area contributed by atoms with Gasteiger partial charge in [0.2, 0.25) is 0 Å². The molecule has 1 amide bonds. The second-order valence-corrected chi connectivity index (χ2v) is 6.56. The van der Waals surface area contributed by atoms with E-state index in [1.165, 1.54) is 18.2 Å². The average molecular weight is 361 g/mol. The topological polar surface area (TPSA) is 66.0 Å². The summed E-state index contributed by atoms with van der Waals surface area (Å²) in [5.74, 6) is 0.856. The van der Waals surface area contributed by atoms with Crippen LogP contribution in [0.4, 0.5) is 4.79 Å². The molecule has 1 heterocycles. The Labute approximate surface area is 157 Å². The van der Waals surface area contributed by atoms with E-state index in [0.717, 1.165) is 44.7 Å². The summed E-state index contributed by atoms with van der Waals surface area (Å²) in [6.07, 6.45) is 3.57. The van der Waals surface area contributed by atoms with Crippen molar-refractivity contribution in [2.45, 2.75) is 45.6 Å². The summed E-state index contributed by atoms with van der Waals surface area (Å²) in [5, 5.41) is 6.81.